The molecule has 0 aliphatic carbocycles. The van der Waals surface area contributed by atoms with Crippen LogP contribution in [0.1, 0.15) is 77.8 Å². The van der Waals surface area contributed by atoms with Crippen molar-refractivity contribution in [3.05, 3.63) is 35.4 Å². The lowest BCUT2D eigenvalue weighted by Crippen LogP contribution is -2.57. The van der Waals surface area contributed by atoms with Gasteiger partial charge in [-0.1, -0.05) is 12.1 Å². The molecule has 1 fully saturated rings. The molecule has 1 aliphatic heterocycles. The first-order chi connectivity index (χ1) is 13.5. The Morgan fingerprint density at radius 3 is 2.28 bits per heavy atom. The van der Waals surface area contributed by atoms with Crippen LogP contribution in [-0.4, -0.2) is 33.8 Å². The Kier molecular flexibility index (Phi) is 7.17. The van der Waals surface area contributed by atoms with Crippen molar-refractivity contribution in [1.29, 1.82) is 16.2 Å². The van der Waals surface area contributed by atoms with Crippen molar-refractivity contribution in [2.45, 2.75) is 77.8 Å². The van der Waals surface area contributed by atoms with Gasteiger partial charge in [0.1, 0.15) is 5.75 Å². The number of hydrogen-bond donors (Lipinski definition) is 5. The molecule has 0 atom stereocenters. The molecule has 1 aliphatic rings. The molecule has 0 spiro atoms. The topological polar surface area (TPSA) is 104 Å². The molecule has 158 valence electrons. The molecular weight excluding hydrogens is 360 g/mol. The molecule has 2 rings (SSSR count). The van der Waals surface area contributed by atoms with E-state index in [-0.39, 0.29) is 16.8 Å². The molecule has 29 heavy (non-hydrogen) atoms. The van der Waals surface area contributed by atoms with Gasteiger partial charge in [0.05, 0.1) is 0 Å². The Bertz CT molecular complexity index is 804. The Hall–Kier alpha value is -2.27. The number of phenols is 1. The van der Waals surface area contributed by atoms with Crippen molar-refractivity contribution >= 4 is 23.2 Å². The number of allylic oxidation sites excluding steroid dienone is 2. The summed E-state index contributed by atoms with van der Waals surface area (Å²) in [5, 5.41) is 38.2. The van der Waals surface area contributed by atoms with Crippen LogP contribution in [0.15, 0.2) is 24.3 Å². The molecule has 5 nitrogen and oxygen atoms in total. The molecule has 0 aromatic heterocycles. The fourth-order valence-electron chi connectivity index (χ4n) is 4.84. The standard InChI is InChI=1S/C24H36N4O/c1-6-17(15-25)18-7-9-20(22(29)12-18)21(27)10-8-19(26)11-16-13-23(2,3)28-24(4,5)14-16/h6-7,9,12,15-16,25-29H,8,10-11,13-14H2,1-5H3/b17-6+,25-15?,26-19?,27-21?. The van der Waals surface area contributed by atoms with E-state index in [0.29, 0.717) is 35.7 Å². The Morgan fingerprint density at radius 2 is 1.76 bits per heavy atom. The number of benzene rings is 1. The maximum atomic E-state index is 10.3. The first kappa shape index (κ1) is 23.0. The minimum atomic E-state index is 0.0575. The van der Waals surface area contributed by atoms with E-state index in [1.165, 1.54) is 6.21 Å². The summed E-state index contributed by atoms with van der Waals surface area (Å²) in [7, 11) is 0. The van der Waals surface area contributed by atoms with Gasteiger partial charge in [-0.2, -0.15) is 0 Å². The summed E-state index contributed by atoms with van der Waals surface area (Å²) in [4.78, 5) is 0. The number of rotatable bonds is 8. The van der Waals surface area contributed by atoms with Crippen LogP contribution in [0, 0.1) is 22.1 Å². The normalized spacial score (nSPS) is 19.0. The maximum absolute atomic E-state index is 10.3. The van der Waals surface area contributed by atoms with Crippen molar-refractivity contribution in [3.8, 4) is 5.75 Å². The average molecular weight is 397 g/mol. The summed E-state index contributed by atoms with van der Waals surface area (Å²) in [5.74, 6) is 0.540. The van der Waals surface area contributed by atoms with Gasteiger partial charge in [-0.05, 0) is 95.9 Å². The van der Waals surface area contributed by atoms with Crippen molar-refractivity contribution < 1.29 is 5.11 Å². The SMILES string of the molecule is C/C=C(\C=N)c1ccc(C(=N)CCC(=N)CC2CC(C)(C)NC(C)(C)C2)c(O)c1. The highest BCUT2D eigenvalue weighted by molar-refractivity contribution is 6.09. The predicted octanol–water partition coefficient (Wildman–Crippen LogP) is 5.56. The summed E-state index contributed by atoms with van der Waals surface area (Å²) >= 11 is 0. The van der Waals surface area contributed by atoms with Gasteiger partial charge in [0.15, 0.2) is 0 Å². The largest absolute Gasteiger partial charge is 0.507 e. The zero-order valence-corrected chi connectivity index (χ0v) is 18.4. The minimum absolute atomic E-state index is 0.0575. The second-order valence-electron chi connectivity index (χ2n) is 9.57. The second kappa shape index (κ2) is 9.04. The molecule has 0 bridgehead atoms. The van der Waals surface area contributed by atoms with E-state index >= 15 is 0 Å². The van der Waals surface area contributed by atoms with E-state index in [0.717, 1.165) is 30.4 Å². The van der Waals surface area contributed by atoms with E-state index in [4.69, 9.17) is 16.2 Å². The van der Waals surface area contributed by atoms with E-state index in [1.807, 2.05) is 19.1 Å². The Labute approximate surface area is 175 Å². The Morgan fingerprint density at radius 1 is 1.14 bits per heavy atom. The molecule has 0 amide bonds. The lowest BCUT2D eigenvalue weighted by molar-refractivity contribution is 0.132. The Balaban J connectivity index is 1.95. The molecular formula is C24H36N4O. The minimum Gasteiger partial charge on any atom is -0.507 e. The third kappa shape index (κ3) is 6.36. The zero-order valence-electron chi connectivity index (χ0n) is 18.4. The summed E-state index contributed by atoms with van der Waals surface area (Å²) in [6.45, 7) is 10.8. The summed E-state index contributed by atoms with van der Waals surface area (Å²) in [6, 6.07) is 5.17. The molecule has 0 unspecified atom stereocenters. The average Bonchev–Trinajstić information content (AvgIpc) is 2.58. The third-order valence-corrected chi connectivity index (χ3v) is 5.61. The first-order valence-corrected chi connectivity index (χ1v) is 10.4. The number of phenolic OH excluding ortho intramolecular Hbond substituents is 1. The fraction of sp³-hybridized carbons (Fsp3) is 0.542. The quantitative estimate of drug-likeness (QED) is 0.371. The van der Waals surface area contributed by atoms with Crippen molar-refractivity contribution in [3.63, 3.8) is 0 Å². The lowest BCUT2D eigenvalue weighted by Gasteiger charge is -2.46. The zero-order chi connectivity index (χ0) is 21.8. The number of nitrogens with one attached hydrogen (secondary N) is 4. The van der Waals surface area contributed by atoms with Crippen LogP contribution in [-0.2, 0) is 0 Å². The van der Waals surface area contributed by atoms with Crippen LogP contribution in [0.5, 0.6) is 5.75 Å². The summed E-state index contributed by atoms with van der Waals surface area (Å²) < 4.78 is 0. The number of hydrogen-bond acceptors (Lipinski definition) is 5. The first-order valence-electron chi connectivity index (χ1n) is 10.4. The van der Waals surface area contributed by atoms with Crippen LogP contribution < -0.4 is 5.32 Å². The second-order valence-corrected chi connectivity index (χ2v) is 9.57. The van der Waals surface area contributed by atoms with Crippen molar-refractivity contribution in [2.75, 3.05) is 0 Å². The van der Waals surface area contributed by atoms with E-state index in [9.17, 15) is 5.11 Å². The fourth-order valence-corrected chi connectivity index (χ4v) is 4.84. The van der Waals surface area contributed by atoms with Gasteiger partial charge in [0, 0.05) is 34.3 Å². The van der Waals surface area contributed by atoms with Crippen LogP contribution in [0.25, 0.3) is 5.57 Å². The monoisotopic (exact) mass is 396 g/mol. The molecule has 1 aromatic rings. The van der Waals surface area contributed by atoms with Gasteiger partial charge in [-0.15, -0.1) is 0 Å². The van der Waals surface area contributed by atoms with Gasteiger partial charge < -0.3 is 26.7 Å². The van der Waals surface area contributed by atoms with E-state index in [1.54, 1.807) is 12.1 Å². The number of piperidine rings is 1. The molecule has 1 aromatic carbocycles. The highest BCUT2D eigenvalue weighted by Gasteiger charge is 2.37. The van der Waals surface area contributed by atoms with Crippen molar-refractivity contribution in [2.24, 2.45) is 5.92 Å². The molecule has 1 heterocycles. The predicted molar refractivity (Wildman–Crippen MR) is 123 cm³/mol. The van der Waals surface area contributed by atoms with Gasteiger partial charge >= 0.3 is 0 Å². The molecule has 1 saturated heterocycles. The van der Waals surface area contributed by atoms with Crippen LogP contribution in [0.4, 0.5) is 0 Å². The highest BCUT2D eigenvalue weighted by Crippen LogP contribution is 2.35. The van der Waals surface area contributed by atoms with Gasteiger partial charge in [0.2, 0.25) is 0 Å². The third-order valence-electron chi connectivity index (χ3n) is 5.61. The molecule has 0 saturated carbocycles. The summed E-state index contributed by atoms with van der Waals surface area (Å²) in [5.41, 5.74) is 3.19. The highest BCUT2D eigenvalue weighted by atomic mass is 16.3. The van der Waals surface area contributed by atoms with Crippen LogP contribution in [0.2, 0.25) is 0 Å². The smallest absolute Gasteiger partial charge is 0.125 e. The van der Waals surface area contributed by atoms with Gasteiger partial charge in [-0.25, -0.2) is 0 Å². The van der Waals surface area contributed by atoms with Crippen LogP contribution in [0.3, 0.4) is 0 Å². The molecule has 5 heteroatoms. The van der Waals surface area contributed by atoms with Crippen molar-refractivity contribution in [1.82, 2.24) is 5.32 Å². The lowest BCUT2D eigenvalue weighted by atomic mass is 9.74. The molecule has 0 radical (unpaired) electrons. The number of aromatic hydroxyl groups is 1. The van der Waals surface area contributed by atoms with E-state index in [2.05, 4.69) is 33.0 Å². The van der Waals surface area contributed by atoms with E-state index < -0.39 is 0 Å². The van der Waals surface area contributed by atoms with Gasteiger partial charge in [-0.3, -0.25) is 0 Å². The summed E-state index contributed by atoms with van der Waals surface area (Å²) in [6.07, 6.45) is 6.95. The van der Waals surface area contributed by atoms with Crippen LogP contribution >= 0.6 is 0 Å². The molecule has 5 N–H and O–H groups in total. The van der Waals surface area contributed by atoms with Gasteiger partial charge in [0.25, 0.3) is 0 Å². The maximum Gasteiger partial charge on any atom is 0.125 e.